The highest BCUT2D eigenvalue weighted by Crippen LogP contribution is 2.33. The molecule has 0 spiro atoms. The van der Waals surface area contributed by atoms with Crippen molar-refractivity contribution in [3.8, 4) is 0 Å². The Morgan fingerprint density at radius 3 is 2.86 bits per heavy atom. The maximum absolute atomic E-state index is 13.8. The van der Waals surface area contributed by atoms with Crippen molar-refractivity contribution in [2.75, 3.05) is 13.1 Å². The summed E-state index contributed by atoms with van der Waals surface area (Å²) >= 11 is 0. The van der Waals surface area contributed by atoms with Gasteiger partial charge in [0.1, 0.15) is 17.7 Å². The molecule has 0 saturated carbocycles. The first-order valence-electron chi connectivity index (χ1n) is 7.65. The SMILES string of the molecule is CC1c2cc(F)cc(F)c2CCN1C(=O)[C@@H]1CC[C@H](CN)O1. The first-order chi connectivity index (χ1) is 10.5. The van der Waals surface area contributed by atoms with Crippen LogP contribution in [0.4, 0.5) is 8.78 Å². The molecule has 120 valence electrons. The lowest BCUT2D eigenvalue weighted by Gasteiger charge is -2.36. The van der Waals surface area contributed by atoms with E-state index in [2.05, 4.69) is 0 Å². The zero-order valence-electron chi connectivity index (χ0n) is 12.5. The van der Waals surface area contributed by atoms with E-state index in [9.17, 15) is 13.6 Å². The average Bonchev–Trinajstić information content (AvgIpc) is 2.96. The van der Waals surface area contributed by atoms with Gasteiger partial charge in [0.25, 0.3) is 5.91 Å². The maximum Gasteiger partial charge on any atom is 0.252 e. The molecule has 0 aromatic heterocycles. The molecule has 2 aliphatic heterocycles. The Morgan fingerprint density at radius 2 is 2.18 bits per heavy atom. The molecule has 1 unspecified atom stereocenters. The van der Waals surface area contributed by atoms with Crippen LogP contribution in [0.3, 0.4) is 0 Å². The number of nitrogens with zero attached hydrogens (tertiary/aromatic N) is 1. The number of fused-ring (bicyclic) bond motifs is 1. The second-order valence-electron chi connectivity index (χ2n) is 5.97. The number of amides is 1. The summed E-state index contributed by atoms with van der Waals surface area (Å²) in [6, 6.07) is 1.86. The van der Waals surface area contributed by atoms with Gasteiger partial charge in [0.2, 0.25) is 0 Å². The van der Waals surface area contributed by atoms with E-state index in [0.29, 0.717) is 37.1 Å². The van der Waals surface area contributed by atoms with Crippen molar-refractivity contribution in [3.05, 3.63) is 34.9 Å². The van der Waals surface area contributed by atoms with E-state index in [1.54, 1.807) is 11.8 Å². The summed E-state index contributed by atoms with van der Waals surface area (Å²) in [6.07, 6.45) is 1.25. The monoisotopic (exact) mass is 310 g/mol. The summed E-state index contributed by atoms with van der Waals surface area (Å²) in [4.78, 5) is 14.3. The second-order valence-corrected chi connectivity index (χ2v) is 5.97. The van der Waals surface area contributed by atoms with Crippen LogP contribution in [-0.4, -0.2) is 36.1 Å². The molecule has 6 heteroatoms. The summed E-state index contributed by atoms with van der Waals surface area (Å²) in [5.41, 5.74) is 6.62. The zero-order chi connectivity index (χ0) is 15.9. The van der Waals surface area contributed by atoms with Crippen LogP contribution in [0.5, 0.6) is 0 Å². The van der Waals surface area contributed by atoms with Crippen molar-refractivity contribution in [2.45, 2.75) is 44.4 Å². The number of carbonyl (C=O) groups excluding carboxylic acids is 1. The van der Waals surface area contributed by atoms with Gasteiger partial charge < -0.3 is 15.4 Å². The predicted molar refractivity (Wildman–Crippen MR) is 77.1 cm³/mol. The molecule has 1 amide bonds. The Hall–Kier alpha value is -1.53. The Kier molecular flexibility index (Phi) is 4.14. The lowest BCUT2D eigenvalue weighted by molar-refractivity contribution is -0.145. The summed E-state index contributed by atoms with van der Waals surface area (Å²) in [6.45, 7) is 2.62. The molecule has 0 aliphatic carbocycles. The fourth-order valence-corrected chi connectivity index (χ4v) is 3.40. The number of rotatable bonds is 2. The van der Waals surface area contributed by atoms with Crippen LogP contribution < -0.4 is 5.73 Å². The number of ether oxygens (including phenoxy) is 1. The number of hydrogen-bond acceptors (Lipinski definition) is 3. The lowest BCUT2D eigenvalue weighted by atomic mass is 9.92. The lowest BCUT2D eigenvalue weighted by Crippen LogP contribution is -2.44. The van der Waals surface area contributed by atoms with E-state index < -0.39 is 17.7 Å². The molecule has 2 aliphatic rings. The van der Waals surface area contributed by atoms with E-state index in [0.717, 1.165) is 12.5 Å². The number of halogens is 2. The highest BCUT2D eigenvalue weighted by Gasteiger charge is 2.37. The van der Waals surface area contributed by atoms with Crippen LogP contribution in [0.1, 0.15) is 36.9 Å². The third-order valence-electron chi connectivity index (χ3n) is 4.64. The first-order valence-corrected chi connectivity index (χ1v) is 7.65. The van der Waals surface area contributed by atoms with Crippen molar-refractivity contribution in [3.63, 3.8) is 0 Å². The molecule has 2 heterocycles. The zero-order valence-corrected chi connectivity index (χ0v) is 12.5. The molecular weight excluding hydrogens is 290 g/mol. The number of hydrogen-bond donors (Lipinski definition) is 1. The van der Waals surface area contributed by atoms with Gasteiger partial charge in [-0.05, 0) is 43.4 Å². The summed E-state index contributed by atoms with van der Waals surface area (Å²) in [7, 11) is 0. The molecule has 22 heavy (non-hydrogen) atoms. The van der Waals surface area contributed by atoms with Gasteiger partial charge in [-0.2, -0.15) is 0 Å². The standard InChI is InChI=1S/C16H20F2N2O2/c1-9-13-6-10(17)7-14(18)12(13)4-5-20(9)16(21)15-3-2-11(8-19)22-15/h6-7,9,11,15H,2-5,8,19H2,1H3/t9?,11-,15+/m1/s1. The number of benzene rings is 1. The van der Waals surface area contributed by atoms with Gasteiger partial charge in [0.15, 0.2) is 0 Å². The molecule has 0 radical (unpaired) electrons. The van der Waals surface area contributed by atoms with Gasteiger partial charge in [-0.25, -0.2) is 8.78 Å². The highest BCUT2D eigenvalue weighted by molar-refractivity contribution is 5.82. The number of nitrogens with two attached hydrogens (primary N) is 1. The maximum atomic E-state index is 13.8. The smallest absolute Gasteiger partial charge is 0.252 e. The molecule has 3 atom stereocenters. The minimum atomic E-state index is -0.613. The van der Waals surface area contributed by atoms with Gasteiger partial charge in [-0.3, -0.25) is 4.79 Å². The Morgan fingerprint density at radius 1 is 1.41 bits per heavy atom. The van der Waals surface area contributed by atoms with Crippen LogP contribution >= 0.6 is 0 Å². The van der Waals surface area contributed by atoms with Crippen LogP contribution in [0.2, 0.25) is 0 Å². The van der Waals surface area contributed by atoms with Crippen molar-refractivity contribution in [2.24, 2.45) is 5.73 Å². The van der Waals surface area contributed by atoms with Crippen LogP contribution in [0, 0.1) is 11.6 Å². The fourth-order valence-electron chi connectivity index (χ4n) is 3.40. The van der Waals surface area contributed by atoms with E-state index in [4.69, 9.17) is 10.5 Å². The highest BCUT2D eigenvalue weighted by atomic mass is 19.1. The summed E-state index contributed by atoms with van der Waals surface area (Å²) in [5.74, 6) is -1.26. The summed E-state index contributed by atoms with van der Waals surface area (Å²) in [5, 5.41) is 0. The average molecular weight is 310 g/mol. The second kappa shape index (κ2) is 5.93. The third kappa shape index (κ3) is 2.61. The van der Waals surface area contributed by atoms with Gasteiger partial charge >= 0.3 is 0 Å². The van der Waals surface area contributed by atoms with E-state index in [-0.39, 0.29) is 18.1 Å². The fraction of sp³-hybridized carbons (Fsp3) is 0.562. The van der Waals surface area contributed by atoms with Crippen LogP contribution in [-0.2, 0) is 16.0 Å². The minimum absolute atomic E-state index is 0.0729. The largest absolute Gasteiger partial charge is 0.364 e. The molecule has 4 nitrogen and oxygen atoms in total. The van der Waals surface area contributed by atoms with Crippen molar-refractivity contribution < 1.29 is 18.3 Å². The molecule has 2 N–H and O–H groups in total. The quantitative estimate of drug-likeness (QED) is 0.908. The van der Waals surface area contributed by atoms with E-state index in [1.165, 1.54) is 6.07 Å². The Labute approximate surface area is 128 Å². The Balaban J connectivity index is 1.81. The van der Waals surface area contributed by atoms with Gasteiger partial charge in [0, 0.05) is 19.2 Å². The van der Waals surface area contributed by atoms with Crippen molar-refractivity contribution in [1.82, 2.24) is 4.90 Å². The van der Waals surface area contributed by atoms with Crippen LogP contribution in [0.15, 0.2) is 12.1 Å². The molecule has 0 bridgehead atoms. The number of carbonyl (C=O) groups is 1. The van der Waals surface area contributed by atoms with Crippen molar-refractivity contribution >= 4 is 5.91 Å². The van der Waals surface area contributed by atoms with E-state index in [1.807, 2.05) is 0 Å². The van der Waals surface area contributed by atoms with Gasteiger partial charge in [0.05, 0.1) is 12.1 Å². The first kappa shape index (κ1) is 15.4. The molecule has 1 aromatic carbocycles. The van der Waals surface area contributed by atoms with E-state index >= 15 is 0 Å². The van der Waals surface area contributed by atoms with Crippen molar-refractivity contribution in [1.29, 1.82) is 0 Å². The van der Waals surface area contributed by atoms with Gasteiger partial charge in [-0.15, -0.1) is 0 Å². The molecule has 1 aromatic rings. The molecular formula is C16H20F2N2O2. The predicted octanol–water partition coefficient (Wildman–Crippen LogP) is 1.92. The molecule has 1 fully saturated rings. The molecule has 1 saturated heterocycles. The molecule has 3 rings (SSSR count). The summed E-state index contributed by atoms with van der Waals surface area (Å²) < 4.78 is 33.0. The minimum Gasteiger partial charge on any atom is -0.364 e. The Bertz CT molecular complexity index is 594. The third-order valence-corrected chi connectivity index (χ3v) is 4.64. The normalized spacial score (nSPS) is 27.8. The van der Waals surface area contributed by atoms with Gasteiger partial charge in [-0.1, -0.05) is 0 Å². The topological polar surface area (TPSA) is 55.6 Å². The van der Waals surface area contributed by atoms with Crippen LogP contribution in [0.25, 0.3) is 0 Å².